The Bertz CT molecular complexity index is 556. The molecule has 1 aromatic rings. The number of halogens is 6. The van der Waals surface area contributed by atoms with E-state index in [4.69, 9.17) is 0 Å². The molecule has 0 radical (unpaired) electrons. The van der Waals surface area contributed by atoms with Crippen molar-refractivity contribution in [1.82, 2.24) is 10.2 Å². The molecule has 5 nitrogen and oxygen atoms in total. The summed E-state index contributed by atoms with van der Waals surface area (Å²) in [5.74, 6) is 0.626. The van der Waals surface area contributed by atoms with Crippen LogP contribution in [0.3, 0.4) is 0 Å². The van der Waals surface area contributed by atoms with Crippen LogP contribution in [0.25, 0.3) is 0 Å². The zero-order valence-corrected chi connectivity index (χ0v) is 17.3. The summed E-state index contributed by atoms with van der Waals surface area (Å²) >= 11 is 0. The Morgan fingerprint density at radius 1 is 1.22 bits per heavy atom. The maximum absolute atomic E-state index is 12.1. The standard InChI is InChI=1S/C16H22F5N3O2.HI/c1-22-15(23-8-3-9-25-11-16(19,20)21)24(2)10-12-4-6-13(7-5-12)26-14(17)18;/h4-7,14H,3,8-11H2,1-2H3,(H,22,23);1H. The second-order valence-corrected chi connectivity index (χ2v) is 5.37. The zero-order chi connectivity index (χ0) is 19.6. The highest BCUT2D eigenvalue weighted by Crippen LogP contribution is 2.16. The van der Waals surface area contributed by atoms with Gasteiger partial charge < -0.3 is 19.7 Å². The number of nitrogens with one attached hydrogen (secondary N) is 1. The number of benzene rings is 1. The first-order valence-corrected chi connectivity index (χ1v) is 7.81. The van der Waals surface area contributed by atoms with E-state index in [-0.39, 0.29) is 36.3 Å². The van der Waals surface area contributed by atoms with E-state index in [0.29, 0.717) is 25.5 Å². The van der Waals surface area contributed by atoms with Crippen molar-refractivity contribution in [3.05, 3.63) is 29.8 Å². The minimum absolute atomic E-state index is 0. The molecule has 156 valence electrons. The minimum atomic E-state index is -4.32. The number of alkyl halides is 5. The number of ether oxygens (including phenoxy) is 2. The minimum Gasteiger partial charge on any atom is -0.435 e. The summed E-state index contributed by atoms with van der Waals surface area (Å²) in [5, 5.41) is 3.02. The Balaban J connectivity index is 0.00000676. The van der Waals surface area contributed by atoms with Crippen molar-refractivity contribution in [1.29, 1.82) is 0 Å². The zero-order valence-electron chi connectivity index (χ0n) is 14.9. The lowest BCUT2D eigenvalue weighted by Crippen LogP contribution is -2.39. The number of hydrogen-bond acceptors (Lipinski definition) is 3. The van der Waals surface area contributed by atoms with Crippen molar-refractivity contribution in [3.8, 4) is 5.75 Å². The number of hydrogen-bond donors (Lipinski definition) is 1. The summed E-state index contributed by atoms with van der Waals surface area (Å²) < 4.78 is 68.9. The third kappa shape index (κ3) is 11.8. The van der Waals surface area contributed by atoms with Crippen LogP contribution in [0, 0.1) is 0 Å². The average molecular weight is 511 g/mol. The molecule has 1 rings (SSSR count). The van der Waals surface area contributed by atoms with Crippen LogP contribution in [-0.4, -0.2) is 57.5 Å². The Labute approximate surface area is 171 Å². The molecule has 27 heavy (non-hydrogen) atoms. The van der Waals surface area contributed by atoms with Crippen LogP contribution in [0.15, 0.2) is 29.3 Å². The van der Waals surface area contributed by atoms with E-state index in [2.05, 4.69) is 19.8 Å². The summed E-state index contributed by atoms with van der Waals surface area (Å²) in [5.41, 5.74) is 0.852. The monoisotopic (exact) mass is 511 g/mol. The van der Waals surface area contributed by atoms with Crippen molar-refractivity contribution in [2.45, 2.75) is 25.8 Å². The van der Waals surface area contributed by atoms with E-state index in [9.17, 15) is 22.0 Å². The molecule has 0 unspecified atom stereocenters. The van der Waals surface area contributed by atoms with E-state index in [0.717, 1.165) is 5.56 Å². The molecule has 0 fully saturated rings. The van der Waals surface area contributed by atoms with E-state index < -0.39 is 19.4 Å². The fourth-order valence-electron chi connectivity index (χ4n) is 2.07. The fourth-order valence-corrected chi connectivity index (χ4v) is 2.07. The van der Waals surface area contributed by atoms with Gasteiger partial charge in [-0.2, -0.15) is 22.0 Å². The molecule has 11 heteroatoms. The van der Waals surface area contributed by atoms with Gasteiger partial charge in [0.2, 0.25) is 0 Å². The summed E-state index contributed by atoms with van der Waals surface area (Å²) in [6.07, 6.45) is -3.93. The van der Waals surface area contributed by atoms with E-state index in [1.54, 1.807) is 31.1 Å². The van der Waals surface area contributed by atoms with Crippen LogP contribution in [0.2, 0.25) is 0 Å². The summed E-state index contributed by atoms with van der Waals surface area (Å²) in [4.78, 5) is 5.88. The third-order valence-electron chi connectivity index (χ3n) is 3.16. The van der Waals surface area contributed by atoms with Gasteiger partial charge in [-0.25, -0.2) is 0 Å². The molecule has 1 aromatic carbocycles. The van der Waals surface area contributed by atoms with Gasteiger partial charge in [-0.15, -0.1) is 24.0 Å². The van der Waals surface area contributed by atoms with Gasteiger partial charge in [0, 0.05) is 33.8 Å². The number of aliphatic imine (C=N–C) groups is 1. The maximum atomic E-state index is 12.1. The van der Waals surface area contributed by atoms with Crippen molar-refractivity contribution in [3.63, 3.8) is 0 Å². The maximum Gasteiger partial charge on any atom is 0.411 e. The van der Waals surface area contributed by atoms with Crippen molar-refractivity contribution >= 4 is 29.9 Å². The molecule has 0 saturated carbocycles. The number of guanidine groups is 1. The summed E-state index contributed by atoms with van der Waals surface area (Å²) in [7, 11) is 3.36. The Kier molecular flexibility index (Phi) is 12.3. The lowest BCUT2D eigenvalue weighted by atomic mass is 10.2. The van der Waals surface area contributed by atoms with Gasteiger partial charge in [0.25, 0.3) is 0 Å². The molecule has 0 aliphatic heterocycles. The largest absolute Gasteiger partial charge is 0.435 e. The van der Waals surface area contributed by atoms with Crippen LogP contribution in [0.4, 0.5) is 22.0 Å². The molecule has 0 aliphatic carbocycles. The van der Waals surface area contributed by atoms with Crippen LogP contribution < -0.4 is 10.1 Å². The number of nitrogens with zero attached hydrogens (tertiary/aromatic N) is 2. The van der Waals surface area contributed by atoms with Gasteiger partial charge in [-0.1, -0.05) is 12.1 Å². The van der Waals surface area contributed by atoms with Gasteiger partial charge >= 0.3 is 12.8 Å². The molecule has 0 aromatic heterocycles. The average Bonchev–Trinajstić information content (AvgIpc) is 2.54. The highest BCUT2D eigenvalue weighted by atomic mass is 127. The fraction of sp³-hybridized carbons (Fsp3) is 0.562. The summed E-state index contributed by atoms with van der Waals surface area (Å²) in [6.45, 7) is -3.28. The van der Waals surface area contributed by atoms with Crippen molar-refractivity contribution < 1.29 is 31.4 Å². The molecular weight excluding hydrogens is 488 g/mol. The second kappa shape index (κ2) is 12.9. The molecular formula is C16H23F5IN3O2. The van der Waals surface area contributed by atoms with Gasteiger partial charge in [0.15, 0.2) is 5.96 Å². The number of rotatable bonds is 9. The van der Waals surface area contributed by atoms with Gasteiger partial charge in [-0.3, -0.25) is 4.99 Å². The molecule has 0 spiro atoms. The first kappa shape index (κ1) is 25.6. The molecule has 0 aliphatic rings. The first-order valence-electron chi connectivity index (χ1n) is 7.81. The topological polar surface area (TPSA) is 46.1 Å². The van der Waals surface area contributed by atoms with E-state index in [1.165, 1.54) is 12.1 Å². The molecule has 0 bridgehead atoms. The predicted molar refractivity (Wildman–Crippen MR) is 103 cm³/mol. The molecule has 0 amide bonds. The Hall–Kier alpha value is -1.37. The molecule has 0 saturated heterocycles. The van der Waals surface area contributed by atoms with Crippen LogP contribution in [-0.2, 0) is 11.3 Å². The quantitative estimate of drug-likeness (QED) is 0.180. The molecule has 0 heterocycles. The first-order chi connectivity index (χ1) is 12.2. The highest BCUT2D eigenvalue weighted by molar-refractivity contribution is 14.0. The Morgan fingerprint density at radius 3 is 2.37 bits per heavy atom. The SMILES string of the molecule is CN=C(NCCCOCC(F)(F)F)N(C)Cc1ccc(OC(F)F)cc1.I. The normalized spacial score (nSPS) is 11.9. The third-order valence-corrected chi connectivity index (χ3v) is 3.16. The van der Waals surface area contributed by atoms with Gasteiger partial charge in [-0.05, 0) is 24.1 Å². The van der Waals surface area contributed by atoms with Crippen molar-refractivity contribution in [2.24, 2.45) is 4.99 Å². The Morgan fingerprint density at radius 2 is 1.85 bits per heavy atom. The lowest BCUT2D eigenvalue weighted by molar-refractivity contribution is -0.173. The van der Waals surface area contributed by atoms with Crippen LogP contribution in [0.5, 0.6) is 5.75 Å². The molecule has 1 N–H and O–H groups in total. The van der Waals surface area contributed by atoms with Crippen molar-refractivity contribution in [2.75, 3.05) is 33.9 Å². The van der Waals surface area contributed by atoms with E-state index in [1.807, 2.05) is 0 Å². The molecule has 0 atom stereocenters. The summed E-state index contributed by atoms with van der Waals surface area (Å²) in [6, 6.07) is 6.21. The van der Waals surface area contributed by atoms with Gasteiger partial charge in [0.05, 0.1) is 0 Å². The highest BCUT2D eigenvalue weighted by Gasteiger charge is 2.27. The second-order valence-electron chi connectivity index (χ2n) is 5.37. The van der Waals surface area contributed by atoms with E-state index >= 15 is 0 Å². The lowest BCUT2D eigenvalue weighted by Gasteiger charge is -2.22. The van der Waals surface area contributed by atoms with Gasteiger partial charge in [0.1, 0.15) is 12.4 Å². The smallest absolute Gasteiger partial charge is 0.411 e. The van der Waals surface area contributed by atoms with Crippen LogP contribution in [0.1, 0.15) is 12.0 Å². The predicted octanol–water partition coefficient (Wildman–Crippen LogP) is 3.88. The van der Waals surface area contributed by atoms with Crippen LogP contribution >= 0.6 is 24.0 Å².